The number of anilines is 3. The number of rotatable bonds is 12. The Labute approximate surface area is 374 Å². The van der Waals surface area contributed by atoms with Gasteiger partial charge in [0.25, 0.3) is 0 Å². The fourth-order valence-corrected chi connectivity index (χ4v) is 7.04. The van der Waals surface area contributed by atoms with Crippen molar-refractivity contribution in [3.63, 3.8) is 0 Å². The van der Waals surface area contributed by atoms with Crippen molar-refractivity contribution in [3.8, 4) is 11.5 Å². The number of aromatic nitrogens is 4. The summed E-state index contributed by atoms with van der Waals surface area (Å²) in [5.41, 5.74) is 18.4. The number of likely N-dealkylation sites (tertiary alicyclic amines) is 2. The summed E-state index contributed by atoms with van der Waals surface area (Å²) in [7, 11) is -0.625. The zero-order valence-corrected chi connectivity index (χ0v) is 36.9. The maximum Gasteiger partial charge on any atom is 0.409 e. The minimum atomic E-state index is -3.58. The summed E-state index contributed by atoms with van der Waals surface area (Å²) in [4.78, 5) is 67.6. The lowest BCUT2D eigenvalue weighted by molar-refractivity contribution is 0.0969. The van der Waals surface area contributed by atoms with Crippen molar-refractivity contribution >= 4 is 51.2 Å². The molecular weight excluding hydrogens is 849 g/mol. The first-order chi connectivity index (χ1) is 30.2. The van der Waals surface area contributed by atoms with Crippen molar-refractivity contribution in [2.45, 2.75) is 71.1 Å². The molecule has 2 amide bonds. The minimum absolute atomic E-state index is 0. The third-order valence-electron chi connectivity index (χ3n) is 9.88. The summed E-state index contributed by atoms with van der Waals surface area (Å²) in [6.07, 6.45) is 5.31. The van der Waals surface area contributed by atoms with Gasteiger partial charge in [-0.15, -0.1) is 0 Å². The number of nitrogens with two attached hydrogens (primary N) is 3. The average Bonchev–Trinajstić information content (AvgIpc) is 3.29. The first kappa shape index (κ1) is 51.7. The van der Waals surface area contributed by atoms with Crippen LogP contribution in [0.5, 0.6) is 11.5 Å². The van der Waals surface area contributed by atoms with Crippen LogP contribution in [0.2, 0.25) is 0 Å². The molecule has 4 heterocycles. The molecule has 2 aliphatic rings. The molecule has 2 aromatic carbocycles. The first-order valence-corrected chi connectivity index (χ1v) is 22.0. The van der Waals surface area contributed by atoms with Crippen LogP contribution in [-0.4, -0.2) is 133 Å². The van der Waals surface area contributed by atoms with E-state index < -0.39 is 15.6 Å². The van der Waals surface area contributed by atoms with Gasteiger partial charge in [-0.05, 0) is 63.8 Å². The van der Waals surface area contributed by atoms with Crippen LogP contribution in [0.25, 0.3) is 0 Å². The molecule has 0 unspecified atom stereocenters. The van der Waals surface area contributed by atoms with E-state index in [2.05, 4.69) is 25.3 Å². The van der Waals surface area contributed by atoms with Crippen LogP contribution in [-0.2, 0) is 19.3 Å². The van der Waals surface area contributed by atoms with E-state index >= 15 is 0 Å². The predicted octanol–water partition coefficient (Wildman–Crippen LogP) is 4.63. The number of nitrogens with one attached hydrogen (secondary N) is 1. The normalized spacial score (nSPS) is 14.0. The topological polar surface area (TPSA) is 287 Å². The monoisotopic (exact) mass is 908 g/mol. The molecule has 0 atom stereocenters. The summed E-state index contributed by atoms with van der Waals surface area (Å²) >= 11 is 0. The van der Waals surface area contributed by atoms with E-state index in [1.165, 1.54) is 27.3 Å². The van der Waals surface area contributed by atoms with E-state index in [9.17, 15) is 27.6 Å². The maximum absolute atomic E-state index is 12.8. The highest BCUT2D eigenvalue weighted by atomic mass is 32.2. The SMILES string of the molecule is C.CCOC(=O)N1CCC(N)CC1.CCOC(=O)N1CCC(Nc2ncc(C(=O)c3ccccc3OC)c(N)n2)CC1.CCS(=O)(=O)c1ncc(C(=O)c2ccccc2OC)c(N)n1. The number of carbonyl (C=O) groups is 4. The largest absolute Gasteiger partial charge is 0.496 e. The van der Waals surface area contributed by atoms with Crippen LogP contribution in [0.4, 0.5) is 27.2 Å². The van der Waals surface area contributed by atoms with Gasteiger partial charge in [0.15, 0.2) is 0 Å². The molecule has 348 valence electrons. The molecule has 4 aromatic rings. The highest BCUT2D eigenvalue weighted by Crippen LogP contribution is 2.25. The highest BCUT2D eigenvalue weighted by Gasteiger charge is 2.26. The van der Waals surface area contributed by atoms with Crippen LogP contribution in [0, 0.1) is 0 Å². The van der Waals surface area contributed by atoms with Crippen LogP contribution in [0.1, 0.15) is 85.7 Å². The van der Waals surface area contributed by atoms with Crippen molar-refractivity contribution in [1.82, 2.24) is 29.7 Å². The number of hydrogen-bond donors (Lipinski definition) is 4. The number of para-hydroxylation sites is 2. The van der Waals surface area contributed by atoms with Gasteiger partial charge in [0.2, 0.25) is 32.5 Å². The first-order valence-electron chi connectivity index (χ1n) is 20.4. The molecule has 7 N–H and O–H groups in total. The Bertz CT molecular complexity index is 2300. The number of carbonyl (C=O) groups excluding carboxylic acids is 4. The van der Waals surface area contributed by atoms with E-state index in [-0.39, 0.29) is 71.2 Å². The van der Waals surface area contributed by atoms with Crippen LogP contribution in [0.15, 0.2) is 66.1 Å². The Morgan fingerprint density at radius 1 is 0.688 bits per heavy atom. The Hall–Kier alpha value is -6.61. The molecule has 21 heteroatoms. The zero-order valence-electron chi connectivity index (χ0n) is 36.1. The van der Waals surface area contributed by atoms with Gasteiger partial charge >= 0.3 is 12.2 Å². The number of piperidine rings is 2. The molecule has 2 saturated heterocycles. The lowest BCUT2D eigenvalue weighted by Gasteiger charge is -2.31. The van der Waals surface area contributed by atoms with E-state index in [0.717, 1.165) is 45.0 Å². The van der Waals surface area contributed by atoms with Crippen molar-refractivity contribution in [2.24, 2.45) is 5.73 Å². The number of nitrogens with zero attached hydrogens (tertiary/aromatic N) is 6. The second kappa shape index (κ2) is 24.9. The summed E-state index contributed by atoms with van der Waals surface area (Å²) < 4.78 is 43.7. The third-order valence-corrected chi connectivity index (χ3v) is 11.4. The average molecular weight is 909 g/mol. The van der Waals surface area contributed by atoms with Crippen molar-refractivity contribution in [1.29, 1.82) is 0 Å². The molecule has 0 spiro atoms. The Morgan fingerprint density at radius 3 is 1.55 bits per heavy atom. The van der Waals surface area contributed by atoms with Crippen molar-refractivity contribution in [2.75, 3.05) is 76.1 Å². The molecule has 0 aliphatic carbocycles. The fraction of sp³-hybridized carbons (Fsp3) is 0.442. The van der Waals surface area contributed by atoms with Gasteiger partial charge in [0.1, 0.15) is 23.1 Å². The van der Waals surface area contributed by atoms with E-state index in [0.29, 0.717) is 54.9 Å². The summed E-state index contributed by atoms with van der Waals surface area (Å²) in [5.74, 6) is 0.245. The Balaban J connectivity index is 0.000000275. The Kier molecular flexibility index (Phi) is 20.1. The number of amides is 2. The molecule has 2 aliphatic heterocycles. The zero-order chi connectivity index (χ0) is 46.1. The van der Waals surface area contributed by atoms with Gasteiger partial charge in [-0.2, -0.15) is 4.98 Å². The quantitative estimate of drug-likeness (QED) is 0.111. The van der Waals surface area contributed by atoms with E-state index in [4.69, 9.17) is 36.1 Å². The molecule has 2 fully saturated rings. The molecule has 20 nitrogen and oxygen atoms in total. The summed E-state index contributed by atoms with van der Waals surface area (Å²) in [6, 6.07) is 13.9. The van der Waals surface area contributed by atoms with Gasteiger partial charge in [-0.3, -0.25) is 9.59 Å². The number of methoxy groups -OCH3 is 2. The number of benzene rings is 2. The summed E-state index contributed by atoms with van der Waals surface area (Å²) in [6.45, 7) is 8.55. The second-order valence-electron chi connectivity index (χ2n) is 14.0. The van der Waals surface area contributed by atoms with E-state index in [1.807, 2.05) is 6.92 Å². The van der Waals surface area contributed by atoms with Gasteiger partial charge in [0.05, 0.1) is 55.4 Å². The lowest BCUT2D eigenvalue weighted by Crippen LogP contribution is -2.43. The van der Waals surface area contributed by atoms with Gasteiger partial charge in [-0.1, -0.05) is 38.6 Å². The van der Waals surface area contributed by atoms with E-state index in [1.54, 1.807) is 65.3 Å². The number of ether oxygens (including phenoxy) is 4. The second-order valence-corrected chi connectivity index (χ2v) is 16.2. The van der Waals surface area contributed by atoms with Crippen molar-refractivity contribution < 1.29 is 46.5 Å². The van der Waals surface area contributed by atoms with Gasteiger partial charge < -0.3 is 51.3 Å². The summed E-state index contributed by atoms with van der Waals surface area (Å²) in [5, 5.41) is 2.84. The number of nitrogen functional groups attached to an aromatic ring is 2. The standard InChI is InChI=1S/C20H25N5O4.C14H15N3O4S.C8H16N2O2.CH4/c1-3-29-20(27)25-10-8-13(9-11-25)23-19-22-12-15(18(21)24-19)17(26)14-6-4-5-7-16(14)28-2;1-3-22(19,20)14-16-8-10(13(15)17-14)12(18)9-6-4-5-7-11(9)21-2;1-2-12-8(11)10-5-3-7(9)4-6-10;/h4-7,12-13H,3,8-11H2,1-2H3,(H3,21,22,23,24);4-8H,3H2,1-2H3,(H2,15,16,17);7H,2-6,9H2,1H3;1H4. The maximum atomic E-state index is 12.8. The van der Waals surface area contributed by atoms with Gasteiger partial charge in [-0.25, -0.2) is 33.0 Å². The predicted molar refractivity (Wildman–Crippen MR) is 241 cm³/mol. The number of ketones is 2. The molecule has 0 radical (unpaired) electrons. The molecule has 64 heavy (non-hydrogen) atoms. The smallest absolute Gasteiger partial charge is 0.409 e. The van der Waals surface area contributed by atoms with Gasteiger partial charge in [0, 0.05) is 50.7 Å². The third kappa shape index (κ3) is 13.9. The molecular formula is C43H60N10O10S. The lowest BCUT2D eigenvalue weighted by atomic mass is 10.0. The Morgan fingerprint density at radius 2 is 1.12 bits per heavy atom. The van der Waals surface area contributed by atoms with Crippen LogP contribution < -0.4 is 32.0 Å². The van der Waals surface area contributed by atoms with Crippen LogP contribution in [0.3, 0.4) is 0 Å². The minimum Gasteiger partial charge on any atom is -0.496 e. The fourth-order valence-electron chi connectivity index (χ4n) is 6.33. The molecule has 6 rings (SSSR count). The molecule has 0 bridgehead atoms. The number of hydrogen-bond acceptors (Lipinski definition) is 18. The molecule has 2 aromatic heterocycles. The molecule has 0 saturated carbocycles. The highest BCUT2D eigenvalue weighted by molar-refractivity contribution is 7.91. The number of sulfone groups is 1. The van der Waals surface area contributed by atoms with Crippen molar-refractivity contribution in [3.05, 3.63) is 83.2 Å². The van der Waals surface area contributed by atoms with Crippen LogP contribution >= 0.6 is 0 Å².